The molecule has 8 heteroatoms. The van der Waals surface area contributed by atoms with Crippen molar-refractivity contribution in [1.82, 2.24) is 24.8 Å². The highest BCUT2D eigenvalue weighted by atomic mass is 32.1. The molecule has 0 saturated carbocycles. The average Bonchev–Trinajstić information content (AvgIpc) is 3.47. The fourth-order valence-corrected chi connectivity index (χ4v) is 3.44. The van der Waals surface area contributed by atoms with Crippen molar-refractivity contribution in [2.24, 2.45) is 0 Å². The molecule has 28 heavy (non-hydrogen) atoms. The standard InChI is InChI=1S/C20H19N5O2S/c1-24(13-15-12-21-25(14-15)16-6-3-2-4-7-16)19(26)10-9-18-22-20(23-27-18)17-8-5-11-28-17/h2-8,11-12,14H,9-10,13H2,1H3. The van der Waals surface area contributed by atoms with Gasteiger partial charge in [-0.15, -0.1) is 11.3 Å². The summed E-state index contributed by atoms with van der Waals surface area (Å²) in [5.41, 5.74) is 1.96. The number of benzene rings is 1. The molecule has 4 rings (SSSR count). The van der Waals surface area contributed by atoms with Gasteiger partial charge >= 0.3 is 0 Å². The Kier molecular flexibility index (Phi) is 5.29. The first kappa shape index (κ1) is 18.1. The Bertz CT molecular complexity index is 1040. The fraction of sp³-hybridized carbons (Fsp3) is 0.200. The van der Waals surface area contributed by atoms with Gasteiger partial charge in [-0.3, -0.25) is 4.79 Å². The van der Waals surface area contributed by atoms with Gasteiger partial charge < -0.3 is 9.42 Å². The Morgan fingerprint density at radius 1 is 1.21 bits per heavy atom. The van der Waals surface area contributed by atoms with Gasteiger partial charge in [0.05, 0.1) is 16.8 Å². The Labute approximate surface area is 166 Å². The van der Waals surface area contributed by atoms with Gasteiger partial charge in [-0.25, -0.2) is 4.68 Å². The summed E-state index contributed by atoms with van der Waals surface area (Å²) in [6.07, 6.45) is 4.45. The lowest BCUT2D eigenvalue weighted by molar-refractivity contribution is -0.130. The summed E-state index contributed by atoms with van der Waals surface area (Å²) < 4.78 is 7.05. The van der Waals surface area contributed by atoms with Crippen LogP contribution in [0.15, 0.2) is 64.8 Å². The SMILES string of the molecule is CN(Cc1cnn(-c2ccccc2)c1)C(=O)CCc1nc(-c2cccs2)no1. The summed E-state index contributed by atoms with van der Waals surface area (Å²) >= 11 is 1.55. The molecular formula is C20H19N5O2S. The van der Waals surface area contributed by atoms with E-state index in [0.29, 0.717) is 31.1 Å². The van der Waals surface area contributed by atoms with Crippen molar-refractivity contribution < 1.29 is 9.32 Å². The molecule has 3 aromatic heterocycles. The molecule has 0 bridgehead atoms. The predicted molar refractivity (Wildman–Crippen MR) is 106 cm³/mol. The number of nitrogens with zero attached hydrogens (tertiary/aromatic N) is 5. The molecule has 0 unspecified atom stereocenters. The average molecular weight is 393 g/mol. The number of carbonyl (C=O) groups is 1. The lowest BCUT2D eigenvalue weighted by atomic mass is 10.2. The normalized spacial score (nSPS) is 10.9. The van der Waals surface area contributed by atoms with E-state index in [0.717, 1.165) is 16.1 Å². The molecule has 0 aliphatic rings. The van der Waals surface area contributed by atoms with Crippen LogP contribution >= 0.6 is 11.3 Å². The minimum atomic E-state index is 0.0170. The molecule has 0 saturated heterocycles. The number of aromatic nitrogens is 4. The maximum Gasteiger partial charge on any atom is 0.227 e. The minimum Gasteiger partial charge on any atom is -0.341 e. The molecule has 4 aromatic rings. The molecule has 142 valence electrons. The molecule has 0 N–H and O–H groups in total. The summed E-state index contributed by atoms with van der Waals surface area (Å²) in [5, 5.41) is 10.3. The van der Waals surface area contributed by atoms with Gasteiger partial charge in [0.1, 0.15) is 0 Å². The molecule has 7 nitrogen and oxygen atoms in total. The number of carbonyl (C=O) groups excluding carboxylic acids is 1. The van der Waals surface area contributed by atoms with Gasteiger partial charge in [0, 0.05) is 38.2 Å². The smallest absolute Gasteiger partial charge is 0.227 e. The Hall–Kier alpha value is -3.26. The van der Waals surface area contributed by atoms with E-state index in [1.165, 1.54) is 0 Å². The van der Waals surface area contributed by atoms with Gasteiger partial charge in [0.15, 0.2) is 0 Å². The van der Waals surface area contributed by atoms with E-state index >= 15 is 0 Å². The summed E-state index contributed by atoms with van der Waals surface area (Å²) in [6.45, 7) is 0.496. The minimum absolute atomic E-state index is 0.0170. The second-order valence-electron chi connectivity index (χ2n) is 6.37. The first-order valence-corrected chi connectivity index (χ1v) is 9.76. The van der Waals surface area contributed by atoms with E-state index in [1.807, 2.05) is 54.0 Å². The van der Waals surface area contributed by atoms with Crippen LogP contribution in [0.2, 0.25) is 0 Å². The molecule has 0 radical (unpaired) electrons. The molecule has 1 aromatic carbocycles. The van der Waals surface area contributed by atoms with Crippen molar-refractivity contribution >= 4 is 17.2 Å². The van der Waals surface area contributed by atoms with Crippen LogP contribution in [0.3, 0.4) is 0 Å². The van der Waals surface area contributed by atoms with Crippen molar-refractivity contribution in [3.8, 4) is 16.4 Å². The molecule has 0 atom stereocenters. The van der Waals surface area contributed by atoms with E-state index in [9.17, 15) is 4.79 Å². The largest absolute Gasteiger partial charge is 0.341 e. The zero-order valence-corrected chi connectivity index (χ0v) is 16.2. The van der Waals surface area contributed by atoms with Crippen molar-refractivity contribution in [1.29, 1.82) is 0 Å². The van der Waals surface area contributed by atoms with Crippen molar-refractivity contribution in [2.75, 3.05) is 7.05 Å². The Balaban J connectivity index is 1.31. The van der Waals surface area contributed by atoms with Crippen LogP contribution in [-0.4, -0.2) is 37.8 Å². The monoisotopic (exact) mass is 393 g/mol. The second kappa shape index (κ2) is 8.18. The molecule has 0 aliphatic heterocycles. The lowest BCUT2D eigenvalue weighted by Crippen LogP contribution is -2.26. The number of amides is 1. The number of hydrogen-bond donors (Lipinski definition) is 0. The van der Waals surface area contributed by atoms with Crippen LogP contribution in [0.1, 0.15) is 17.9 Å². The summed E-state index contributed by atoms with van der Waals surface area (Å²) in [7, 11) is 1.78. The van der Waals surface area contributed by atoms with Crippen LogP contribution in [-0.2, 0) is 17.8 Å². The van der Waals surface area contributed by atoms with E-state index in [1.54, 1.807) is 34.2 Å². The Morgan fingerprint density at radius 2 is 2.07 bits per heavy atom. The highest BCUT2D eigenvalue weighted by Crippen LogP contribution is 2.21. The maximum absolute atomic E-state index is 12.4. The van der Waals surface area contributed by atoms with Gasteiger partial charge in [-0.2, -0.15) is 10.1 Å². The van der Waals surface area contributed by atoms with E-state index in [4.69, 9.17) is 4.52 Å². The lowest BCUT2D eigenvalue weighted by Gasteiger charge is -2.15. The number of aryl methyl sites for hydroxylation is 1. The Morgan fingerprint density at radius 3 is 2.86 bits per heavy atom. The molecule has 0 aliphatic carbocycles. The quantitative estimate of drug-likeness (QED) is 0.480. The summed E-state index contributed by atoms with van der Waals surface area (Å²) in [4.78, 5) is 19.4. The molecule has 1 amide bonds. The van der Waals surface area contributed by atoms with E-state index in [2.05, 4.69) is 15.2 Å². The predicted octanol–water partition coefficient (Wildman–Crippen LogP) is 3.58. The highest BCUT2D eigenvalue weighted by Gasteiger charge is 2.14. The van der Waals surface area contributed by atoms with Crippen molar-refractivity contribution in [3.05, 3.63) is 71.7 Å². The third-order valence-corrected chi connectivity index (χ3v) is 5.13. The van der Waals surface area contributed by atoms with Gasteiger partial charge in [-0.05, 0) is 23.6 Å². The molecule has 3 heterocycles. The third-order valence-electron chi connectivity index (χ3n) is 4.26. The second-order valence-corrected chi connectivity index (χ2v) is 7.32. The number of thiophene rings is 1. The van der Waals surface area contributed by atoms with Crippen molar-refractivity contribution in [3.63, 3.8) is 0 Å². The number of hydrogen-bond acceptors (Lipinski definition) is 6. The van der Waals surface area contributed by atoms with E-state index in [-0.39, 0.29) is 5.91 Å². The van der Waals surface area contributed by atoms with Crippen LogP contribution in [0, 0.1) is 0 Å². The zero-order chi connectivity index (χ0) is 19.3. The third kappa shape index (κ3) is 4.17. The fourth-order valence-electron chi connectivity index (χ4n) is 2.79. The van der Waals surface area contributed by atoms with Gasteiger partial charge in [0.2, 0.25) is 17.6 Å². The van der Waals surface area contributed by atoms with Crippen LogP contribution in [0.25, 0.3) is 16.4 Å². The molecule has 0 spiro atoms. The molecular weight excluding hydrogens is 374 g/mol. The summed E-state index contributed by atoms with van der Waals surface area (Å²) in [5.74, 6) is 1.06. The molecule has 0 fully saturated rings. The van der Waals surface area contributed by atoms with Gasteiger partial charge in [-0.1, -0.05) is 29.4 Å². The van der Waals surface area contributed by atoms with Gasteiger partial charge in [0.25, 0.3) is 0 Å². The topological polar surface area (TPSA) is 77.1 Å². The maximum atomic E-state index is 12.4. The highest BCUT2D eigenvalue weighted by molar-refractivity contribution is 7.13. The van der Waals surface area contributed by atoms with Crippen LogP contribution in [0.4, 0.5) is 0 Å². The van der Waals surface area contributed by atoms with E-state index < -0.39 is 0 Å². The van der Waals surface area contributed by atoms with Crippen LogP contribution in [0.5, 0.6) is 0 Å². The zero-order valence-electron chi connectivity index (χ0n) is 15.4. The number of para-hydroxylation sites is 1. The first-order valence-electron chi connectivity index (χ1n) is 8.88. The van der Waals surface area contributed by atoms with Crippen LogP contribution < -0.4 is 0 Å². The first-order chi connectivity index (χ1) is 13.7. The number of rotatable bonds is 7. The van der Waals surface area contributed by atoms with Crippen molar-refractivity contribution in [2.45, 2.75) is 19.4 Å². The summed E-state index contributed by atoms with van der Waals surface area (Å²) in [6, 6.07) is 13.7.